The summed E-state index contributed by atoms with van der Waals surface area (Å²) in [5, 5.41) is 0.0792. The molecule has 0 saturated carbocycles. The molecule has 19 heavy (non-hydrogen) atoms. The van der Waals surface area contributed by atoms with Gasteiger partial charge in [0.15, 0.2) is 5.12 Å². The van der Waals surface area contributed by atoms with Crippen molar-refractivity contribution < 1.29 is 9.59 Å². The summed E-state index contributed by atoms with van der Waals surface area (Å²) < 4.78 is 0.709. The van der Waals surface area contributed by atoms with Gasteiger partial charge in [-0.25, -0.2) is 0 Å². The van der Waals surface area contributed by atoms with Gasteiger partial charge in [-0.1, -0.05) is 11.8 Å². The molecule has 102 valence electrons. The van der Waals surface area contributed by atoms with Crippen LogP contribution in [0.15, 0.2) is 16.9 Å². The number of halogens is 1. The van der Waals surface area contributed by atoms with Crippen molar-refractivity contribution in [3.05, 3.63) is 16.9 Å². The van der Waals surface area contributed by atoms with Gasteiger partial charge in [0.05, 0.1) is 22.0 Å². The monoisotopic (exact) mass is 343 g/mol. The molecule has 1 fully saturated rings. The molecule has 0 bridgehead atoms. The summed E-state index contributed by atoms with van der Waals surface area (Å²) in [4.78, 5) is 28.7. The molecule has 1 aliphatic heterocycles. The van der Waals surface area contributed by atoms with Crippen LogP contribution in [0.3, 0.4) is 0 Å². The fourth-order valence-electron chi connectivity index (χ4n) is 2.07. The molecule has 2 N–H and O–H groups in total. The highest BCUT2D eigenvalue weighted by Crippen LogP contribution is 2.36. The first kappa shape index (κ1) is 14.3. The van der Waals surface area contributed by atoms with E-state index in [0.717, 1.165) is 0 Å². The molecule has 1 aromatic rings. The molecule has 7 heteroatoms. The topological polar surface area (TPSA) is 76.3 Å². The molecule has 1 aliphatic rings. The predicted molar refractivity (Wildman–Crippen MR) is 79.9 cm³/mol. The first-order valence-electron chi connectivity index (χ1n) is 5.81. The molecule has 2 heterocycles. The Morgan fingerprint density at radius 2 is 2.37 bits per heavy atom. The number of hydrogen-bond donors (Lipinski definition) is 1. The van der Waals surface area contributed by atoms with Crippen LogP contribution in [0.4, 0.5) is 11.4 Å². The number of nitrogen functional groups attached to an aromatic ring is 1. The van der Waals surface area contributed by atoms with Gasteiger partial charge in [0.2, 0.25) is 5.91 Å². The Bertz CT molecular complexity index is 503. The van der Waals surface area contributed by atoms with Crippen molar-refractivity contribution in [3.8, 4) is 0 Å². The number of amides is 1. The summed E-state index contributed by atoms with van der Waals surface area (Å²) in [6, 6.07) is 0. The van der Waals surface area contributed by atoms with E-state index in [9.17, 15) is 9.59 Å². The minimum Gasteiger partial charge on any atom is -0.396 e. The van der Waals surface area contributed by atoms with Crippen LogP contribution in [-0.2, 0) is 9.59 Å². The number of nitrogens with zero attached hydrogens (tertiary/aromatic N) is 2. The van der Waals surface area contributed by atoms with Crippen LogP contribution in [-0.4, -0.2) is 28.3 Å². The van der Waals surface area contributed by atoms with Gasteiger partial charge in [-0.05, 0) is 21.8 Å². The van der Waals surface area contributed by atoms with Crippen LogP contribution < -0.4 is 10.6 Å². The van der Waals surface area contributed by atoms with E-state index in [4.69, 9.17) is 5.73 Å². The molecule has 1 aromatic heterocycles. The lowest BCUT2D eigenvalue weighted by atomic mass is 10.1. The van der Waals surface area contributed by atoms with Gasteiger partial charge in [0, 0.05) is 31.8 Å². The maximum atomic E-state index is 12.1. The summed E-state index contributed by atoms with van der Waals surface area (Å²) in [6.45, 7) is 2.13. The standard InChI is InChI=1S/C12H14BrN3O2S/c1-7(17)19-6-8-2-11(18)16(5-8)12-9(13)3-15-4-10(12)14/h3-4,8H,2,5-6,14H2,1H3. The number of pyridine rings is 1. The molecule has 2 rings (SSSR count). The second-order valence-electron chi connectivity index (χ2n) is 4.44. The van der Waals surface area contributed by atoms with E-state index in [1.807, 2.05) is 0 Å². The molecule has 0 aliphatic carbocycles. The molecule has 0 spiro atoms. The fraction of sp³-hybridized carbons (Fsp3) is 0.417. The average molecular weight is 344 g/mol. The van der Waals surface area contributed by atoms with Crippen molar-refractivity contribution in [2.24, 2.45) is 5.92 Å². The molecular formula is C12H14BrN3O2S. The molecule has 1 unspecified atom stereocenters. The van der Waals surface area contributed by atoms with E-state index in [0.29, 0.717) is 34.6 Å². The fourth-order valence-corrected chi connectivity index (χ4v) is 3.33. The summed E-state index contributed by atoms with van der Waals surface area (Å²) in [5.41, 5.74) is 7.04. The number of aromatic nitrogens is 1. The lowest BCUT2D eigenvalue weighted by molar-refractivity contribution is -0.117. The average Bonchev–Trinajstić information content (AvgIpc) is 2.68. The van der Waals surface area contributed by atoms with E-state index in [1.54, 1.807) is 11.1 Å². The zero-order valence-electron chi connectivity index (χ0n) is 10.4. The Morgan fingerprint density at radius 1 is 1.63 bits per heavy atom. The number of anilines is 2. The molecule has 5 nitrogen and oxygen atoms in total. The maximum absolute atomic E-state index is 12.1. The van der Waals surface area contributed by atoms with Crippen LogP contribution in [0, 0.1) is 5.92 Å². The lowest BCUT2D eigenvalue weighted by Gasteiger charge is -2.19. The summed E-state index contributed by atoms with van der Waals surface area (Å²) in [5.74, 6) is 0.883. The van der Waals surface area contributed by atoms with Crippen LogP contribution in [0.25, 0.3) is 0 Å². The van der Waals surface area contributed by atoms with E-state index >= 15 is 0 Å². The van der Waals surface area contributed by atoms with Crippen LogP contribution in [0.5, 0.6) is 0 Å². The third kappa shape index (κ3) is 3.27. The first-order valence-corrected chi connectivity index (χ1v) is 7.59. The molecule has 1 saturated heterocycles. The van der Waals surface area contributed by atoms with Gasteiger partial charge in [-0.3, -0.25) is 14.6 Å². The van der Waals surface area contributed by atoms with E-state index < -0.39 is 0 Å². The van der Waals surface area contributed by atoms with Crippen molar-refractivity contribution in [1.29, 1.82) is 0 Å². The zero-order valence-corrected chi connectivity index (χ0v) is 12.8. The predicted octanol–water partition coefficient (Wildman–Crippen LogP) is 2.06. The first-order chi connectivity index (χ1) is 8.99. The highest BCUT2D eigenvalue weighted by molar-refractivity contribution is 9.10. The molecule has 1 amide bonds. The minimum absolute atomic E-state index is 0.0350. The van der Waals surface area contributed by atoms with Gasteiger partial charge in [0.1, 0.15) is 0 Å². The summed E-state index contributed by atoms with van der Waals surface area (Å²) in [7, 11) is 0. The number of nitrogens with two attached hydrogens (primary N) is 1. The highest BCUT2D eigenvalue weighted by Gasteiger charge is 2.32. The van der Waals surface area contributed by atoms with Crippen LogP contribution >= 0.6 is 27.7 Å². The summed E-state index contributed by atoms with van der Waals surface area (Å²) >= 11 is 4.63. The number of carbonyl (C=O) groups excluding carboxylic acids is 2. The smallest absolute Gasteiger partial charge is 0.227 e. The van der Waals surface area contributed by atoms with E-state index in [-0.39, 0.29) is 16.9 Å². The third-order valence-electron chi connectivity index (χ3n) is 2.90. The molecular weight excluding hydrogens is 330 g/mol. The van der Waals surface area contributed by atoms with Crippen LogP contribution in [0.2, 0.25) is 0 Å². The van der Waals surface area contributed by atoms with Crippen LogP contribution in [0.1, 0.15) is 13.3 Å². The van der Waals surface area contributed by atoms with Crippen molar-refractivity contribution >= 4 is 50.1 Å². The number of rotatable bonds is 3. The van der Waals surface area contributed by atoms with Crippen molar-refractivity contribution in [3.63, 3.8) is 0 Å². The minimum atomic E-state index is 0.0350. The Morgan fingerprint density at radius 3 is 3.00 bits per heavy atom. The Hall–Kier alpha value is -1.08. The molecule has 1 atom stereocenters. The second-order valence-corrected chi connectivity index (χ2v) is 6.49. The Balaban J connectivity index is 2.14. The van der Waals surface area contributed by atoms with Gasteiger partial charge in [0.25, 0.3) is 0 Å². The second kappa shape index (κ2) is 5.92. The lowest BCUT2D eigenvalue weighted by Crippen LogP contribution is -2.26. The van der Waals surface area contributed by atoms with Gasteiger partial charge < -0.3 is 10.6 Å². The van der Waals surface area contributed by atoms with E-state index in [2.05, 4.69) is 20.9 Å². The highest BCUT2D eigenvalue weighted by atomic mass is 79.9. The Labute approximate surface area is 124 Å². The van der Waals surface area contributed by atoms with Gasteiger partial charge in [-0.15, -0.1) is 0 Å². The van der Waals surface area contributed by atoms with Crippen molar-refractivity contribution in [1.82, 2.24) is 4.98 Å². The van der Waals surface area contributed by atoms with Gasteiger partial charge >= 0.3 is 0 Å². The van der Waals surface area contributed by atoms with Crippen molar-refractivity contribution in [2.45, 2.75) is 13.3 Å². The SMILES string of the molecule is CC(=O)SCC1CC(=O)N(c2c(N)cncc2Br)C1. The largest absolute Gasteiger partial charge is 0.396 e. The number of thioether (sulfide) groups is 1. The normalized spacial score (nSPS) is 18.9. The number of carbonyl (C=O) groups is 2. The van der Waals surface area contributed by atoms with E-state index in [1.165, 1.54) is 24.9 Å². The number of hydrogen-bond acceptors (Lipinski definition) is 5. The zero-order chi connectivity index (χ0) is 14.0. The third-order valence-corrected chi connectivity index (χ3v) is 4.52. The molecule has 0 aromatic carbocycles. The Kier molecular flexibility index (Phi) is 4.46. The molecule has 0 radical (unpaired) electrons. The maximum Gasteiger partial charge on any atom is 0.227 e. The summed E-state index contributed by atoms with van der Waals surface area (Å²) in [6.07, 6.45) is 3.61. The quantitative estimate of drug-likeness (QED) is 0.908. The van der Waals surface area contributed by atoms with Gasteiger partial charge in [-0.2, -0.15) is 0 Å². The van der Waals surface area contributed by atoms with Crippen molar-refractivity contribution in [2.75, 3.05) is 22.9 Å².